The van der Waals surface area contributed by atoms with E-state index in [1.165, 1.54) is 23.5 Å². The third-order valence-corrected chi connectivity index (χ3v) is 5.86. The van der Waals surface area contributed by atoms with Crippen LogP contribution in [0.4, 0.5) is 0 Å². The number of aliphatic hydroxyl groups is 1. The van der Waals surface area contributed by atoms with Crippen molar-refractivity contribution in [2.45, 2.75) is 24.2 Å². The molecule has 0 saturated heterocycles. The number of aliphatic hydroxyl groups excluding tert-OH is 1. The topological polar surface area (TPSA) is 81.4 Å². The van der Waals surface area contributed by atoms with Crippen LogP contribution in [0, 0.1) is 16.7 Å². The molecule has 2 rings (SSSR count). The highest BCUT2D eigenvalue weighted by atomic mass is 32.2. The molecule has 0 amide bonds. The van der Waals surface area contributed by atoms with Crippen LogP contribution in [0.5, 0.6) is 0 Å². The zero-order valence-electron chi connectivity index (χ0n) is 11.4. The van der Waals surface area contributed by atoms with E-state index < -0.39 is 10.0 Å². The van der Waals surface area contributed by atoms with Gasteiger partial charge in [0.05, 0.1) is 10.5 Å². The smallest absolute Gasteiger partial charge is 0.244 e. The van der Waals surface area contributed by atoms with Crippen LogP contribution in [-0.2, 0) is 10.0 Å². The van der Waals surface area contributed by atoms with Crippen molar-refractivity contribution < 1.29 is 13.5 Å². The predicted octanol–water partition coefficient (Wildman–Crippen LogP) is 1.34. The van der Waals surface area contributed by atoms with E-state index in [9.17, 15) is 13.5 Å². The van der Waals surface area contributed by atoms with Crippen LogP contribution in [0.3, 0.4) is 0 Å². The molecule has 0 heterocycles. The molecular formula is C14H18N2O3S. The lowest BCUT2D eigenvalue weighted by molar-refractivity contribution is 0.0311. The third-order valence-electron chi connectivity index (χ3n) is 4.00. The monoisotopic (exact) mass is 294 g/mol. The summed E-state index contributed by atoms with van der Waals surface area (Å²) in [5, 5.41) is 18.5. The minimum atomic E-state index is -3.70. The van der Waals surface area contributed by atoms with Crippen LogP contribution >= 0.6 is 0 Å². The van der Waals surface area contributed by atoms with Crippen LogP contribution < -0.4 is 0 Å². The molecule has 1 N–H and O–H groups in total. The normalized spacial score (nSPS) is 17.5. The average molecular weight is 294 g/mol. The van der Waals surface area contributed by atoms with E-state index in [-0.39, 0.29) is 29.0 Å². The number of nitriles is 1. The number of hydrogen-bond acceptors (Lipinski definition) is 4. The van der Waals surface area contributed by atoms with Crippen LogP contribution in [0.25, 0.3) is 0 Å². The van der Waals surface area contributed by atoms with Gasteiger partial charge in [-0.15, -0.1) is 0 Å². The summed E-state index contributed by atoms with van der Waals surface area (Å²) in [4.78, 5) is 0.0254. The Morgan fingerprint density at radius 3 is 2.55 bits per heavy atom. The Morgan fingerprint density at radius 2 is 2.05 bits per heavy atom. The molecule has 0 aliphatic heterocycles. The largest absolute Gasteiger partial charge is 0.396 e. The summed E-state index contributed by atoms with van der Waals surface area (Å²) in [7, 11) is -2.20. The van der Waals surface area contributed by atoms with Crippen LogP contribution in [-0.4, -0.2) is 38.0 Å². The Hall–Kier alpha value is -1.42. The van der Waals surface area contributed by atoms with E-state index in [0.717, 1.165) is 19.3 Å². The van der Waals surface area contributed by atoms with Crippen molar-refractivity contribution in [1.82, 2.24) is 4.31 Å². The molecule has 5 nitrogen and oxygen atoms in total. The first kappa shape index (κ1) is 15.0. The highest BCUT2D eigenvalue weighted by Gasteiger charge is 2.40. The van der Waals surface area contributed by atoms with Gasteiger partial charge >= 0.3 is 0 Å². The van der Waals surface area contributed by atoms with E-state index >= 15 is 0 Å². The summed E-state index contributed by atoms with van der Waals surface area (Å²) >= 11 is 0. The van der Waals surface area contributed by atoms with Gasteiger partial charge in [0.15, 0.2) is 0 Å². The fraction of sp³-hybridized carbons (Fsp3) is 0.500. The fourth-order valence-corrected chi connectivity index (χ4v) is 3.97. The van der Waals surface area contributed by atoms with Gasteiger partial charge in [0, 0.05) is 25.6 Å². The lowest BCUT2D eigenvalue weighted by Crippen LogP contribution is -2.45. The van der Waals surface area contributed by atoms with Crippen LogP contribution in [0.15, 0.2) is 29.2 Å². The Morgan fingerprint density at radius 1 is 1.40 bits per heavy atom. The molecule has 1 saturated carbocycles. The van der Waals surface area contributed by atoms with Gasteiger partial charge in [0.25, 0.3) is 0 Å². The standard InChI is InChI=1S/C14H18N2O3S/c1-16(10-14(11-17)7-4-8-14)20(18,19)13-6-3-2-5-12(13)9-15/h2-3,5-6,17H,4,7-8,10-11H2,1H3. The summed E-state index contributed by atoms with van der Waals surface area (Å²) in [6.07, 6.45) is 2.69. The molecule has 1 aromatic rings. The Bertz CT molecular complexity index is 625. The third kappa shape index (κ3) is 2.57. The molecule has 1 aromatic carbocycles. The highest BCUT2D eigenvalue weighted by molar-refractivity contribution is 7.89. The van der Waals surface area contributed by atoms with Gasteiger partial charge < -0.3 is 5.11 Å². The second kappa shape index (κ2) is 5.52. The minimum absolute atomic E-state index is 0.00719. The Kier molecular flexibility index (Phi) is 4.14. The number of benzene rings is 1. The summed E-state index contributed by atoms with van der Waals surface area (Å²) < 4.78 is 26.3. The van der Waals surface area contributed by atoms with Crippen molar-refractivity contribution in [3.63, 3.8) is 0 Å². The predicted molar refractivity (Wildman–Crippen MR) is 74.3 cm³/mol. The summed E-state index contributed by atoms with van der Waals surface area (Å²) in [6, 6.07) is 8.08. The van der Waals surface area contributed by atoms with E-state index in [1.54, 1.807) is 12.1 Å². The quantitative estimate of drug-likeness (QED) is 0.888. The van der Waals surface area contributed by atoms with Gasteiger partial charge in [-0.2, -0.15) is 5.26 Å². The minimum Gasteiger partial charge on any atom is -0.396 e. The molecule has 0 atom stereocenters. The lowest BCUT2D eigenvalue weighted by Gasteiger charge is -2.42. The molecule has 0 spiro atoms. The van der Waals surface area contributed by atoms with E-state index in [4.69, 9.17) is 5.26 Å². The molecule has 0 aromatic heterocycles. The van der Waals surface area contributed by atoms with E-state index in [2.05, 4.69) is 0 Å². The first-order chi connectivity index (χ1) is 9.45. The summed E-state index contributed by atoms with van der Waals surface area (Å²) in [5.41, 5.74) is -0.172. The van der Waals surface area contributed by atoms with Crippen molar-refractivity contribution in [3.8, 4) is 6.07 Å². The Balaban J connectivity index is 2.28. The lowest BCUT2D eigenvalue weighted by atomic mass is 9.69. The number of hydrogen-bond donors (Lipinski definition) is 1. The van der Waals surface area contributed by atoms with Crippen molar-refractivity contribution in [3.05, 3.63) is 29.8 Å². The molecule has 1 fully saturated rings. The van der Waals surface area contributed by atoms with Crippen molar-refractivity contribution in [1.29, 1.82) is 5.26 Å². The maximum Gasteiger partial charge on any atom is 0.244 e. The molecule has 1 aliphatic rings. The maximum absolute atomic E-state index is 12.5. The van der Waals surface area contributed by atoms with Crippen LogP contribution in [0.1, 0.15) is 24.8 Å². The highest BCUT2D eigenvalue weighted by Crippen LogP contribution is 2.41. The molecule has 0 bridgehead atoms. The van der Waals surface area contributed by atoms with Gasteiger partial charge in [-0.1, -0.05) is 18.6 Å². The first-order valence-electron chi connectivity index (χ1n) is 6.51. The maximum atomic E-state index is 12.5. The van der Waals surface area contributed by atoms with Gasteiger partial charge in [0.1, 0.15) is 6.07 Å². The number of rotatable bonds is 5. The second-order valence-electron chi connectivity index (χ2n) is 5.38. The van der Waals surface area contributed by atoms with Gasteiger partial charge in [-0.25, -0.2) is 12.7 Å². The zero-order valence-corrected chi connectivity index (χ0v) is 12.2. The first-order valence-corrected chi connectivity index (χ1v) is 7.95. The average Bonchev–Trinajstić information content (AvgIpc) is 2.42. The van der Waals surface area contributed by atoms with Gasteiger partial charge in [-0.05, 0) is 25.0 Å². The van der Waals surface area contributed by atoms with Crippen LogP contribution in [0.2, 0.25) is 0 Å². The van der Waals surface area contributed by atoms with Crippen molar-refractivity contribution in [2.75, 3.05) is 20.2 Å². The zero-order chi connectivity index (χ0) is 14.8. The molecule has 6 heteroatoms. The van der Waals surface area contributed by atoms with Gasteiger partial charge in [0.2, 0.25) is 10.0 Å². The fourth-order valence-electron chi connectivity index (χ4n) is 2.55. The van der Waals surface area contributed by atoms with E-state index in [1.807, 2.05) is 6.07 Å². The molecule has 1 aliphatic carbocycles. The molecule has 20 heavy (non-hydrogen) atoms. The molecule has 108 valence electrons. The summed E-state index contributed by atoms with van der Waals surface area (Å²) in [6.45, 7) is 0.276. The molecule has 0 unspecified atom stereocenters. The van der Waals surface area contributed by atoms with Crippen molar-refractivity contribution in [2.24, 2.45) is 5.41 Å². The van der Waals surface area contributed by atoms with Gasteiger partial charge in [-0.3, -0.25) is 0 Å². The second-order valence-corrected chi connectivity index (χ2v) is 7.39. The Labute approximate surface area is 119 Å². The SMILES string of the molecule is CN(CC1(CO)CCC1)S(=O)(=O)c1ccccc1C#N. The molecular weight excluding hydrogens is 276 g/mol. The summed E-state index contributed by atoms with van der Waals surface area (Å²) in [5.74, 6) is 0. The molecule has 0 radical (unpaired) electrons. The number of sulfonamides is 1. The van der Waals surface area contributed by atoms with Crippen molar-refractivity contribution >= 4 is 10.0 Å². The number of nitrogens with zero attached hydrogens (tertiary/aromatic N) is 2. The van der Waals surface area contributed by atoms with E-state index in [0.29, 0.717) is 0 Å².